The van der Waals surface area contributed by atoms with E-state index in [0.717, 1.165) is 4.47 Å². The van der Waals surface area contributed by atoms with Crippen LogP contribution in [-0.2, 0) is 19.4 Å². The van der Waals surface area contributed by atoms with Gasteiger partial charge in [0.2, 0.25) is 11.8 Å². The zero-order chi connectivity index (χ0) is 22.6. The molecule has 1 fully saturated rings. The van der Waals surface area contributed by atoms with Gasteiger partial charge in [-0.15, -0.1) is 11.8 Å². The van der Waals surface area contributed by atoms with Crippen molar-refractivity contribution in [2.45, 2.75) is 35.4 Å². The number of hydrogen-bond donors (Lipinski definition) is 3. The lowest BCUT2D eigenvalue weighted by Crippen LogP contribution is -2.59. The Labute approximate surface area is 194 Å². The fraction of sp³-hybridized carbons (Fsp3) is 0.333. The van der Waals surface area contributed by atoms with Gasteiger partial charge in [0, 0.05) is 16.7 Å². The Balaban J connectivity index is 1.51. The molecule has 2 amide bonds. The van der Waals surface area contributed by atoms with Crippen molar-refractivity contribution in [1.29, 1.82) is 0 Å². The zero-order valence-electron chi connectivity index (χ0n) is 17.1. The number of hydrogen-bond acceptors (Lipinski definition) is 6. The van der Waals surface area contributed by atoms with Crippen molar-refractivity contribution in [3.8, 4) is 0 Å². The van der Waals surface area contributed by atoms with Gasteiger partial charge in [-0.05, 0) is 47.9 Å². The Morgan fingerprint density at radius 1 is 1.16 bits per heavy atom. The Bertz CT molecular complexity index is 1040. The van der Waals surface area contributed by atoms with E-state index in [9.17, 15) is 18.0 Å². The largest absolute Gasteiger partial charge is 0.331 e. The van der Waals surface area contributed by atoms with E-state index in [2.05, 4.69) is 45.7 Å². The van der Waals surface area contributed by atoms with Crippen LogP contribution in [0, 0.1) is 0 Å². The van der Waals surface area contributed by atoms with Gasteiger partial charge in [0.1, 0.15) is 5.50 Å². The van der Waals surface area contributed by atoms with Gasteiger partial charge in [0.05, 0.1) is 10.6 Å². The van der Waals surface area contributed by atoms with E-state index in [-0.39, 0.29) is 23.1 Å². The van der Waals surface area contributed by atoms with Gasteiger partial charge >= 0.3 is 0 Å². The second kappa shape index (κ2) is 10.2. The minimum Gasteiger partial charge on any atom is -0.331 e. The molecule has 0 saturated carbocycles. The molecule has 3 rings (SSSR count). The number of thioether (sulfide) groups is 1. The number of sulfone groups is 1. The lowest BCUT2D eigenvalue weighted by Gasteiger charge is -2.29. The van der Waals surface area contributed by atoms with E-state index in [4.69, 9.17) is 0 Å². The fourth-order valence-electron chi connectivity index (χ4n) is 3.03. The quantitative estimate of drug-likeness (QED) is 0.513. The molecule has 2 aromatic rings. The van der Waals surface area contributed by atoms with Crippen LogP contribution in [0.5, 0.6) is 0 Å². The number of carbonyl (C=O) groups is 2. The molecule has 1 aliphatic rings. The van der Waals surface area contributed by atoms with Gasteiger partial charge in [0.15, 0.2) is 15.1 Å². The summed E-state index contributed by atoms with van der Waals surface area (Å²) in [5.41, 5.74) is 1.35. The van der Waals surface area contributed by atoms with E-state index in [1.54, 1.807) is 12.1 Å². The van der Waals surface area contributed by atoms with E-state index < -0.39 is 26.5 Å². The first-order chi connectivity index (χ1) is 14.7. The van der Waals surface area contributed by atoms with Crippen LogP contribution in [0.15, 0.2) is 57.9 Å². The van der Waals surface area contributed by atoms with Crippen LogP contribution in [0.1, 0.15) is 25.3 Å². The van der Waals surface area contributed by atoms with Crippen LogP contribution < -0.4 is 16.0 Å². The van der Waals surface area contributed by atoms with Crippen molar-refractivity contribution >= 4 is 55.0 Å². The molecule has 10 heteroatoms. The number of halogens is 1. The number of rotatable bonds is 7. The van der Waals surface area contributed by atoms with Crippen LogP contribution in [-0.4, -0.2) is 43.3 Å². The van der Waals surface area contributed by atoms with Gasteiger partial charge in [-0.25, -0.2) is 8.42 Å². The third kappa shape index (κ3) is 6.09. The molecule has 31 heavy (non-hydrogen) atoms. The highest BCUT2D eigenvalue weighted by atomic mass is 79.9. The summed E-state index contributed by atoms with van der Waals surface area (Å²) < 4.78 is 26.3. The maximum Gasteiger partial charge on any atom is 0.241 e. The molecule has 3 N–H and O–H groups in total. The first-order valence-corrected chi connectivity index (χ1v) is 13.1. The molecule has 0 radical (unpaired) electrons. The molecule has 1 heterocycles. The molecule has 166 valence electrons. The van der Waals surface area contributed by atoms with Crippen LogP contribution >= 0.6 is 27.7 Å². The van der Waals surface area contributed by atoms with E-state index in [1.165, 1.54) is 29.5 Å². The predicted octanol–water partition coefficient (Wildman–Crippen LogP) is 3.09. The van der Waals surface area contributed by atoms with Gasteiger partial charge in [-0.1, -0.05) is 41.9 Å². The Morgan fingerprint density at radius 3 is 2.39 bits per heavy atom. The van der Waals surface area contributed by atoms with Crippen LogP contribution in [0.3, 0.4) is 0 Å². The minimum absolute atomic E-state index is 0.0276. The molecule has 2 unspecified atom stereocenters. The number of anilines is 1. The zero-order valence-corrected chi connectivity index (χ0v) is 20.3. The molecule has 1 saturated heterocycles. The van der Waals surface area contributed by atoms with Gasteiger partial charge in [-0.2, -0.15) is 0 Å². The smallest absolute Gasteiger partial charge is 0.241 e. The van der Waals surface area contributed by atoms with Crippen molar-refractivity contribution in [1.82, 2.24) is 10.6 Å². The van der Waals surface area contributed by atoms with Gasteiger partial charge < -0.3 is 10.6 Å². The third-order valence-electron chi connectivity index (χ3n) is 4.81. The topological polar surface area (TPSA) is 104 Å². The Hall–Kier alpha value is -1.88. The highest BCUT2D eigenvalue weighted by Gasteiger charge is 2.38. The fourth-order valence-corrected chi connectivity index (χ4v) is 5.60. The predicted molar refractivity (Wildman–Crippen MR) is 127 cm³/mol. The molecule has 1 aliphatic heterocycles. The van der Waals surface area contributed by atoms with E-state index >= 15 is 0 Å². The average molecular weight is 526 g/mol. The van der Waals surface area contributed by atoms with Crippen molar-refractivity contribution in [3.63, 3.8) is 0 Å². The van der Waals surface area contributed by atoms with Crippen LogP contribution in [0.25, 0.3) is 0 Å². The molecule has 0 aliphatic carbocycles. The highest BCUT2D eigenvalue weighted by molar-refractivity contribution is 9.10. The first kappa shape index (κ1) is 23.8. The lowest BCUT2D eigenvalue weighted by molar-refractivity contribution is -0.122. The molecule has 0 spiro atoms. The molecule has 2 atom stereocenters. The lowest BCUT2D eigenvalue weighted by atomic mass is 10.0. The van der Waals surface area contributed by atoms with Crippen LogP contribution in [0.4, 0.5) is 5.69 Å². The second-order valence-corrected chi connectivity index (χ2v) is 11.6. The van der Waals surface area contributed by atoms with Gasteiger partial charge in [-0.3, -0.25) is 14.9 Å². The monoisotopic (exact) mass is 525 g/mol. The van der Waals surface area contributed by atoms with Crippen molar-refractivity contribution in [2.75, 3.05) is 17.6 Å². The highest BCUT2D eigenvalue weighted by Crippen LogP contribution is 2.22. The molecule has 2 aromatic carbocycles. The normalized spacial score (nSPS) is 19.2. The number of amides is 2. The van der Waals surface area contributed by atoms with E-state index in [0.29, 0.717) is 11.6 Å². The Kier molecular flexibility index (Phi) is 7.79. The first-order valence-electron chi connectivity index (χ1n) is 9.71. The standard InChI is InChI=1S/C21H24BrN3O4S2/c1-13(2)14-3-7-16(8-4-14)24-19(26)12-30-21-23-11-18(20(27)25-21)31(28,29)17-9-5-15(22)6-10-17/h3-10,13,18,21,23H,11-12H2,1-2H3,(H,24,26)(H,25,27). The van der Waals surface area contributed by atoms with Crippen molar-refractivity contribution in [2.24, 2.45) is 0 Å². The SMILES string of the molecule is CC(C)c1ccc(NC(=O)CSC2NCC(S(=O)(=O)c3ccc(Br)cc3)C(=O)N2)cc1. The molecular formula is C21H24BrN3O4S2. The van der Waals surface area contributed by atoms with Gasteiger partial charge in [0.25, 0.3) is 0 Å². The summed E-state index contributed by atoms with van der Waals surface area (Å²) in [6.07, 6.45) is 0. The molecular weight excluding hydrogens is 502 g/mol. The summed E-state index contributed by atoms with van der Waals surface area (Å²) in [4.78, 5) is 24.8. The summed E-state index contributed by atoms with van der Waals surface area (Å²) in [5.74, 6) is -0.266. The summed E-state index contributed by atoms with van der Waals surface area (Å²) in [6, 6.07) is 13.8. The number of benzene rings is 2. The molecule has 0 aromatic heterocycles. The third-order valence-corrected chi connectivity index (χ3v) is 8.45. The maximum atomic E-state index is 12.8. The average Bonchev–Trinajstić information content (AvgIpc) is 2.73. The number of nitrogens with one attached hydrogen (secondary N) is 3. The van der Waals surface area contributed by atoms with E-state index in [1.807, 2.05) is 24.3 Å². The van der Waals surface area contributed by atoms with Crippen molar-refractivity contribution < 1.29 is 18.0 Å². The summed E-state index contributed by atoms with van der Waals surface area (Å²) >= 11 is 4.46. The summed E-state index contributed by atoms with van der Waals surface area (Å²) in [5, 5.41) is 7.22. The Morgan fingerprint density at radius 2 is 1.81 bits per heavy atom. The van der Waals surface area contributed by atoms with Crippen molar-refractivity contribution in [3.05, 3.63) is 58.6 Å². The minimum atomic E-state index is -3.82. The summed E-state index contributed by atoms with van der Waals surface area (Å²) in [7, 11) is -3.82. The maximum absolute atomic E-state index is 12.8. The van der Waals surface area contributed by atoms with Crippen LogP contribution in [0.2, 0.25) is 0 Å². The number of carbonyl (C=O) groups excluding carboxylic acids is 2. The molecule has 7 nitrogen and oxygen atoms in total. The second-order valence-electron chi connectivity index (χ2n) is 7.42. The summed E-state index contributed by atoms with van der Waals surface area (Å²) in [6.45, 7) is 4.18. The molecule has 0 bridgehead atoms.